The van der Waals surface area contributed by atoms with Crippen LogP contribution >= 0.6 is 0 Å². The third-order valence-corrected chi connectivity index (χ3v) is 4.06. The summed E-state index contributed by atoms with van der Waals surface area (Å²) in [4.78, 5) is 5.38. The van der Waals surface area contributed by atoms with Crippen molar-refractivity contribution < 1.29 is 0 Å². The lowest BCUT2D eigenvalue weighted by atomic mass is 10.2. The van der Waals surface area contributed by atoms with Gasteiger partial charge in [0, 0.05) is 12.6 Å². The Morgan fingerprint density at radius 3 is 2.69 bits per heavy atom. The lowest BCUT2D eigenvalue weighted by Crippen LogP contribution is -2.35. The molecule has 2 heterocycles. The van der Waals surface area contributed by atoms with E-state index in [1.165, 1.54) is 71.4 Å². The Hall–Kier alpha value is -0.120. The van der Waals surface area contributed by atoms with Gasteiger partial charge in [-0.15, -0.1) is 0 Å². The zero-order chi connectivity index (χ0) is 11.2. The molecule has 0 amide bonds. The molecule has 3 nitrogen and oxygen atoms in total. The highest BCUT2D eigenvalue weighted by Crippen LogP contribution is 2.20. The van der Waals surface area contributed by atoms with Crippen LogP contribution in [0.15, 0.2) is 0 Å². The van der Waals surface area contributed by atoms with E-state index in [0.717, 1.165) is 6.04 Å². The Labute approximate surface area is 100 Å². The van der Waals surface area contributed by atoms with E-state index in [9.17, 15) is 0 Å². The molecular weight excluding hydrogens is 198 g/mol. The fourth-order valence-corrected chi connectivity index (χ4v) is 3.06. The number of nitrogens with one attached hydrogen (secondary N) is 1. The van der Waals surface area contributed by atoms with E-state index >= 15 is 0 Å². The molecule has 0 radical (unpaired) electrons. The first-order valence-electron chi connectivity index (χ1n) is 7.01. The molecular formula is C13H27N3. The smallest absolute Gasteiger partial charge is 0.0235 e. The Balaban J connectivity index is 1.59. The zero-order valence-corrected chi connectivity index (χ0v) is 10.7. The predicted octanol–water partition coefficient (Wildman–Crippen LogP) is 1.16. The van der Waals surface area contributed by atoms with Crippen LogP contribution in [0.3, 0.4) is 0 Å². The van der Waals surface area contributed by atoms with Gasteiger partial charge < -0.3 is 10.2 Å². The Morgan fingerprint density at radius 1 is 1.12 bits per heavy atom. The second kappa shape index (κ2) is 6.58. The average Bonchev–Trinajstić information content (AvgIpc) is 2.94. The van der Waals surface area contributed by atoms with E-state index in [2.05, 4.69) is 15.1 Å². The van der Waals surface area contributed by atoms with E-state index in [1.54, 1.807) is 0 Å². The van der Waals surface area contributed by atoms with Crippen molar-refractivity contribution in [2.45, 2.75) is 38.1 Å². The number of hydrogen-bond donors (Lipinski definition) is 1. The molecule has 2 aliphatic heterocycles. The second-order valence-electron chi connectivity index (χ2n) is 5.30. The Morgan fingerprint density at radius 2 is 1.94 bits per heavy atom. The number of nitrogens with zero attached hydrogens (tertiary/aromatic N) is 2. The molecule has 94 valence electrons. The van der Waals surface area contributed by atoms with Crippen LogP contribution in [0.2, 0.25) is 0 Å². The maximum absolute atomic E-state index is 3.22. The highest BCUT2D eigenvalue weighted by atomic mass is 15.3. The summed E-state index contributed by atoms with van der Waals surface area (Å²) in [6.45, 7) is 7.87. The minimum absolute atomic E-state index is 0.881. The molecule has 0 aliphatic carbocycles. The molecule has 0 spiro atoms. The summed E-state index contributed by atoms with van der Waals surface area (Å²) in [7, 11) is 2.04. The molecule has 1 N–H and O–H groups in total. The minimum atomic E-state index is 0.881. The van der Waals surface area contributed by atoms with Crippen molar-refractivity contribution in [2.75, 3.05) is 46.3 Å². The van der Waals surface area contributed by atoms with E-state index in [1.807, 2.05) is 7.05 Å². The van der Waals surface area contributed by atoms with Gasteiger partial charge in [-0.25, -0.2) is 0 Å². The van der Waals surface area contributed by atoms with E-state index in [4.69, 9.17) is 0 Å². The van der Waals surface area contributed by atoms with E-state index in [-0.39, 0.29) is 0 Å². The first-order chi connectivity index (χ1) is 7.90. The van der Waals surface area contributed by atoms with Crippen LogP contribution in [0, 0.1) is 0 Å². The molecule has 16 heavy (non-hydrogen) atoms. The number of unbranched alkanes of at least 4 members (excludes halogenated alkanes) is 1. The topological polar surface area (TPSA) is 18.5 Å². The Kier molecular flexibility index (Phi) is 5.07. The molecule has 0 bridgehead atoms. The summed E-state index contributed by atoms with van der Waals surface area (Å²) in [6.07, 6.45) is 6.94. The van der Waals surface area contributed by atoms with Crippen molar-refractivity contribution >= 4 is 0 Å². The monoisotopic (exact) mass is 225 g/mol. The third kappa shape index (κ3) is 3.44. The van der Waals surface area contributed by atoms with Gasteiger partial charge in [0.05, 0.1) is 0 Å². The maximum atomic E-state index is 3.22. The minimum Gasteiger partial charge on any atom is -0.320 e. The van der Waals surface area contributed by atoms with Crippen molar-refractivity contribution in [3.8, 4) is 0 Å². The number of likely N-dealkylation sites (tertiary alicyclic amines) is 2. The second-order valence-corrected chi connectivity index (χ2v) is 5.30. The molecule has 0 saturated carbocycles. The zero-order valence-electron chi connectivity index (χ0n) is 10.7. The summed E-state index contributed by atoms with van der Waals surface area (Å²) in [6, 6.07) is 0.881. The van der Waals surface area contributed by atoms with Crippen LogP contribution in [0.25, 0.3) is 0 Å². The number of rotatable bonds is 6. The average molecular weight is 225 g/mol. The van der Waals surface area contributed by atoms with Crippen molar-refractivity contribution in [2.24, 2.45) is 0 Å². The van der Waals surface area contributed by atoms with Gasteiger partial charge in [0.2, 0.25) is 0 Å². The van der Waals surface area contributed by atoms with Gasteiger partial charge in [-0.05, 0) is 71.9 Å². The summed E-state index contributed by atoms with van der Waals surface area (Å²) in [5.74, 6) is 0. The summed E-state index contributed by atoms with van der Waals surface area (Å²) in [5.41, 5.74) is 0. The molecule has 0 aromatic heterocycles. The van der Waals surface area contributed by atoms with Crippen molar-refractivity contribution in [3.63, 3.8) is 0 Å². The van der Waals surface area contributed by atoms with Crippen LogP contribution in [0.5, 0.6) is 0 Å². The lowest BCUT2D eigenvalue weighted by Gasteiger charge is -2.23. The standard InChI is InChI=1S/C13H27N3/c1-14-7-2-3-8-15-11-6-13(12-15)16-9-4-5-10-16/h13-14H,2-12H2,1H3. The predicted molar refractivity (Wildman–Crippen MR) is 68.8 cm³/mol. The van der Waals surface area contributed by atoms with Gasteiger partial charge in [0.25, 0.3) is 0 Å². The molecule has 2 rings (SSSR count). The van der Waals surface area contributed by atoms with Crippen molar-refractivity contribution in [1.82, 2.24) is 15.1 Å². The van der Waals surface area contributed by atoms with Gasteiger partial charge >= 0.3 is 0 Å². The van der Waals surface area contributed by atoms with Gasteiger partial charge in [-0.3, -0.25) is 4.90 Å². The largest absolute Gasteiger partial charge is 0.320 e. The lowest BCUT2D eigenvalue weighted by molar-refractivity contribution is 0.231. The molecule has 3 heteroatoms. The number of hydrogen-bond acceptors (Lipinski definition) is 3. The van der Waals surface area contributed by atoms with Crippen LogP contribution in [-0.2, 0) is 0 Å². The summed E-state index contributed by atoms with van der Waals surface area (Å²) in [5, 5.41) is 3.22. The van der Waals surface area contributed by atoms with Gasteiger partial charge in [0.15, 0.2) is 0 Å². The summed E-state index contributed by atoms with van der Waals surface area (Å²) < 4.78 is 0. The first kappa shape index (κ1) is 12.3. The van der Waals surface area contributed by atoms with Crippen LogP contribution < -0.4 is 5.32 Å². The highest BCUT2D eigenvalue weighted by molar-refractivity contribution is 4.85. The van der Waals surface area contributed by atoms with Gasteiger partial charge in [0.1, 0.15) is 0 Å². The van der Waals surface area contributed by atoms with Crippen LogP contribution in [-0.4, -0.2) is 62.2 Å². The molecule has 1 atom stereocenters. The van der Waals surface area contributed by atoms with E-state index < -0.39 is 0 Å². The molecule has 2 saturated heterocycles. The first-order valence-corrected chi connectivity index (χ1v) is 7.01. The molecule has 0 aromatic carbocycles. The van der Waals surface area contributed by atoms with Gasteiger partial charge in [-0.1, -0.05) is 0 Å². The molecule has 0 aromatic rings. The Bertz CT molecular complexity index is 190. The van der Waals surface area contributed by atoms with Crippen molar-refractivity contribution in [1.29, 1.82) is 0 Å². The third-order valence-electron chi connectivity index (χ3n) is 4.06. The van der Waals surface area contributed by atoms with Gasteiger partial charge in [-0.2, -0.15) is 0 Å². The molecule has 2 aliphatic rings. The fraction of sp³-hybridized carbons (Fsp3) is 1.00. The quantitative estimate of drug-likeness (QED) is 0.684. The molecule has 1 unspecified atom stereocenters. The normalized spacial score (nSPS) is 27.9. The SMILES string of the molecule is CNCCCCN1CCC(N2CCCC2)C1. The van der Waals surface area contributed by atoms with E-state index in [0.29, 0.717) is 0 Å². The highest BCUT2D eigenvalue weighted by Gasteiger charge is 2.28. The van der Waals surface area contributed by atoms with Crippen LogP contribution in [0.4, 0.5) is 0 Å². The maximum Gasteiger partial charge on any atom is 0.0235 e. The van der Waals surface area contributed by atoms with Crippen LogP contribution in [0.1, 0.15) is 32.1 Å². The molecule has 2 fully saturated rings. The fourth-order valence-electron chi connectivity index (χ4n) is 3.06. The summed E-state index contributed by atoms with van der Waals surface area (Å²) >= 11 is 0. The van der Waals surface area contributed by atoms with Crippen molar-refractivity contribution in [3.05, 3.63) is 0 Å².